The van der Waals surface area contributed by atoms with E-state index < -0.39 is 0 Å². The lowest BCUT2D eigenvalue weighted by molar-refractivity contribution is 0.0949. The second kappa shape index (κ2) is 6.96. The van der Waals surface area contributed by atoms with Crippen molar-refractivity contribution < 1.29 is 13.9 Å². The molecule has 0 bridgehead atoms. The summed E-state index contributed by atoms with van der Waals surface area (Å²) in [4.78, 5) is 15.5. The van der Waals surface area contributed by atoms with Crippen LogP contribution in [-0.4, -0.2) is 24.5 Å². The topological polar surface area (TPSA) is 67.3 Å². The number of nitrogens with one attached hydrogen (secondary N) is 2. The summed E-state index contributed by atoms with van der Waals surface area (Å²) < 4.78 is 11.0. The SMILES string of the molecule is COc1ccc2cc(C(=O)NCCCc3cc4ccccc4o3)[nH]c2c1. The number of para-hydroxylation sites is 1. The highest BCUT2D eigenvalue weighted by atomic mass is 16.5. The van der Waals surface area contributed by atoms with Crippen molar-refractivity contribution in [3.63, 3.8) is 0 Å². The molecule has 1 amide bonds. The fraction of sp³-hybridized carbons (Fsp3) is 0.190. The Balaban J connectivity index is 1.33. The fourth-order valence-corrected chi connectivity index (χ4v) is 3.08. The third kappa shape index (κ3) is 3.28. The number of ether oxygens (including phenoxy) is 1. The van der Waals surface area contributed by atoms with Crippen LogP contribution in [0.4, 0.5) is 0 Å². The Bertz CT molecular complexity index is 1030. The molecule has 0 radical (unpaired) electrons. The van der Waals surface area contributed by atoms with Crippen LogP contribution in [0.2, 0.25) is 0 Å². The van der Waals surface area contributed by atoms with Gasteiger partial charge in [0.1, 0.15) is 22.8 Å². The number of benzene rings is 2. The van der Waals surface area contributed by atoms with Crippen LogP contribution < -0.4 is 10.1 Å². The minimum atomic E-state index is -0.107. The average Bonchev–Trinajstić information content (AvgIpc) is 3.27. The normalized spacial score (nSPS) is 11.1. The number of hydrogen-bond acceptors (Lipinski definition) is 3. The molecule has 2 heterocycles. The molecule has 0 aliphatic heterocycles. The molecule has 0 aliphatic carbocycles. The van der Waals surface area contributed by atoms with Crippen molar-refractivity contribution in [2.45, 2.75) is 12.8 Å². The largest absolute Gasteiger partial charge is 0.497 e. The molecule has 0 spiro atoms. The van der Waals surface area contributed by atoms with Gasteiger partial charge in [0.2, 0.25) is 0 Å². The summed E-state index contributed by atoms with van der Waals surface area (Å²) >= 11 is 0. The zero-order valence-electron chi connectivity index (χ0n) is 14.5. The molecule has 4 aromatic rings. The first-order valence-electron chi connectivity index (χ1n) is 8.65. The Hall–Kier alpha value is -3.21. The Morgan fingerprint density at radius 1 is 1.12 bits per heavy atom. The van der Waals surface area contributed by atoms with Crippen LogP contribution in [0, 0.1) is 0 Å². The van der Waals surface area contributed by atoms with Gasteiger partial charge in [-0.25, -0.2) is 0 Å². The zero-order valence-corrected chi connectivity index (χ0v) is 14.5. The van der Waals surface area contributed by atoms with Gasteiger partial charge >= 0.3 is 0 Å². The highest BCUT2D eigenvalue weighted by molar-refractivity contribution is 5.98. The number of hydrogen-bond donors (Lipinski definition) is 2. The molecule has 2 N–H and O–H groups in total. The van der Waals surface area contributed by atoms with Crippen LogP contribution in [0.5, 0.6) is 5.75 Å². The van der Waals surface area contributed by atoms with E-state index >= 15 is 0 Å². The summed E-state index contributed by atoms with van der Waals surface area (Å²) in [7, 11) is 1.62. The summed E-state index contributed by atoms with van der Waals surface area (Å²) in [6.45, 7) is 0.592. The molecule has 26 heavy (non-hydrogen) atoms. The number of amides is 1. The highest BCUT2D eigenvalue weighted by Crippen LogP contribution is 2.21. The summed E-state index contributed by atoms with van der Waals surface area (Å²) in [5.41, 5.74) is 2.34. The van der Waals surface area contributed by atoms with E-state index in [2.05, 4.69) is 16.4 Å². The summed E-state index contributed by atoms with van der Waals surface area (Å²) in [6.07, 6.45) is 1.61. The maximum Gasteiger partial charge on any atom is 0.267 e. The van der Waals surface area contributed by atoms with E-state index in [1.807, 2.05) is 48.5 Å². The molecular formula is C21H20N2O3. The second-order valence-electron chi connectivity index (χ2n) is 6.25. The number of H-pyrrole nitrogens is 1. The third-order valence-electron chi connectivity index (χ3n) is 4.44. The highest BCUT2D eigenvalue weighted by Gasteiger charge is 2.10. The first kappa shape index (κ1) is 16.3. The number of aryl methyl sites for hydroxylation is 1. The lowest BCUT2D eigenvalue weighted by Crippen LogP contribution is -2.25. The van der Waals surface area contributed by atoms with Crippen molar-refractivity contribution in [1.82, 2.24) is 10.3 Å². The van der Waals surface area contributed by atoms with Gasteiger partial charge in [-0.3, -0.25) is 4.79 Å². The molecule has 0 unspecified atom stereocenters. The summed E-state index contributed by atoms with van der Waals surface area (Å²) in [5, 5.41) is 5.05. The number of methoxy groups -OCH3 is 1. The van der Waals surface area contributed by atoms with Crippen LogP contribution in [0.1, 0.15) is 22.7 Å². The molecule has 0 saturated heterocycles. The van der Waals surface area contributed by atoms with Gasteiger partial charge in [0.15, 0.2) is 0 Å². The molecule has 5 heteroatoms. The zero-order chi connectivity index (χ0) is 17.9. The van der Waals surface area contributed by atoms with Crippen molar-refractivity contribution in [1.29, 1.82) is 0 Å². The number of fused-ring (bicyclic) bond motifs is 2. The molecule has 5 nitrogen and oxygen atoms in total. The quantitative estimate of drug-likeness (QED) is 0.511. The standard InChI is InChI=1S/C21H20N2O3/c1-25-16-9-8-14-12-19(23-18(14)13-16)21(24)22-10-4-6-17-11-15-5-2-3-7-20(15)26-17/h2-3,5,7-9,11-13,23H,4,6,10H2,1H3,(H,22,24). The van der Waals surface area contributed by atoms with Gasteiger partial charge in [0, 0.05) is 35.3 Å². The predicted molar refractivity (Wildman–Crippen MR) is 102 cm³/mol. The molecule has 0 aliphatic rings. The molecule has 132 valence electrons. The van der Waals surface area contributed by atoms with Crippen molar-refractivity contribution in [2.24, 2.45) is 0 Å². The van der Waals surface area contributed by atoms with Crippen LogP contribution >= 0.6 is 0 Å². The predicted octanol–water partition coefficient (Wildman–Crippen LogP) is 4.29. The summed E-state index contributed by atoms with van der Waals surface area (Å²) in [6, 6.07) is 17.6. The van der Waals surface area contributed by atoms with Gasteiger partial charge in [0.25, 0.3) is 5.91 Å². The van der Waals surface area contributed by atoms with E-state index in [4.69, 9.17) is 9.15 Å². The van der Waals surface area contributed by atoms with Gasteiger partial charge in [-0.1, -0.05) is 18.2 Å². The smallest absolute Gasteiger partial charge is 0.267 e. The van der Waals surface area contributed by atoms with Crippen LogP contribution in [0.3, 0.4) is 0 Å². The monoisotopic (exact) mass is 348 g/mol. The number of aromatic nitrogens is 1. The first-order valence-corrected chi connectivity index (χ1v) is 8.65. The molecule has 0 fully saturated rings. The maximum atomic E-state index is 12.3. The van der Waals surface area contributed by atoms with Gasteiger partial charge in [-0.05, 0) is 36.8 Å². The van der Waals surface area contributed by atoms with Crippen LogP contribution in [0.15, 0.2) is 59.0 Å². The molecule has 0 atom stereocenters. The van der Waals surface area contributed by atoms with Crippen molar-refractivity contribution in [2.75, 3.05) is 13.7 Å². The van der Waals surface area contributed by atoms with Crippen molar-refractivity contribution >= 4 is 27.8 Å². The Morgan fingerprint density at radius 3 is 2.85 bits per heavy atom. The van der Waals surface area contributed by atoms with E-state index in [0.717, 1.165) is 46.2 Å². The first-order chi connectivity index (χ1) is 12.7. The van der Waals surface area contributed by atoms with Gasteiger partial charge in [-0.15, -0.1) is 0 Å². The van der Waals surface area contributed by atoms with E-state index in [9.17, 15) is 4.79 Å². The van der Waals surface area contributed by atoms with Crippen LogP contribution in [-0.2, 0) is 6.42 Å². The molecular weight excluding hydrogens is 328 g/mol. The molecule has 0 saturated carbocycles. The number of aromatic amines is 1. The lowest BCUT2D eigenvalue weighted by atomic mass is 10.2. The summed E-state index contributed by atoms with van der Waals surface area (Å²) in [5.74, 6) is 1.60. The van der Waals surface area contributed by atoms with Gasteiger partial charge in [0.05, 0.1) is 7.11 Å². The second-order valence-corrected chi connectivity index (χ2v) is 6.25. The average molecular weight is 348 g/mol. The number of furan rings is 1. The van der Waals surface area contributed by atoms with E-state index in [1.54, 1.807) is 7.11 Å². The third-order valence-corrected chi connectivity index (χ3v) is 4.44. The Morgan fingerprint density at radius 2 is 2.00 bits per heavy atom. The number of rotatable bonds is 6. The fourth-order valence-electron chi connectivity index (χ4n) is 3.08. The number of carbonyl (C=O) groups excluding carboxylic acids is 1. The minimum Gasteiger partial charge on any atom is -0.497 e. The van der Waals surface area contributed by atoms with Crippen molar-refractivity contribution in [3.05, 3.63) is 66.1 Å². The van der Waals surface area contributed by atoms with Gasteiger partial charge < -0.3 is 19.5 Å². The Kier molecular flexibility index (Phi) is 4.35. The number of carbonyl (C=O) groups is 1. The Labute approximate surface area is 151 Å². The van der Waals surface area contributed by atoms with E-state index in [-0.39, 0.29) is 5.91 Å². The molecule has 2 aromatic heterocycles. The van der Waals surface area contributed by atoms with Crippen molar-refractivity contribution in [3.8, 4) is 5.75 Å². The van der Waals surface area contributed by atoms with Crippen LogP contribution in [0.25, 0.3) is 21.9 Å². The van der Waals surface area contributed by atoms with Gasteiger partial charge in [-0.2, -0.15) is 0 Å². The molecule has 2 aromatic carbocycles. The maximum absolute atomic E-state index is 12.3. The lowest BCUT2D eigenvalue weighted by Gasteiger charge is -2.02. The van der Waals surface area contributed by atoms with E-state index in [0.29, 0.717) is 12.2 Å². The van der Waals surface area contributed by atoms with E-state index in [1.165, 1.54) is 0 Å². The minimum absolute atomic E-state index is 0.107. The molecule has 4 rings (SSSR count).